The number of likely N-dealkylation sites (tertiary alicyclic amines) is 1. The largest absolute Gasteiger partial charge is 0.418 e. The summed E-state index contributed by atoms with van der Waals surface area (Å²) in [5.41, 5.74) is 1.07. The molecule has 0 saturated carbocycles. The number of nitrogens with one attached hydrogen (secondary N) is 3. The van der Waals surface area contributed by atoms with Crippen molar-refractivity contribution in [1.29, 1.82) is 0 Å². The van der Waals surface area contributed by atoms with Gasteiger partial charge in [-0.1, -0.05) is 58.4 Å². The Morgan fingerprint density at radius 2 is 1.69 bits per heavy atom. The number of aliphatic hydroxyl groups excluding tert-OH is 1. The number of benzene rings is 1. The lowest BCUT2D eigenvalue weighted by molar-refractivity contribution is -0.143. The van der Waals surface area contributed by atoms with Gasteiger partial charge in [-0.15, -0.1) is 10.2 Å². The number of pyridine rings is 1. The van der Waals surface area contributed by atoms with Crippen molar-refractivity contribution in [3.63, 3.8) is 0 Å². The van der Waals surface area contributed by atoms with Crippen LogP contribution in [0.4, 0.5) is 0 Å². The number of aliphatic hydroxyl groups is 1. The summed E-state index contributed by atoms with van der Waals surface area (Å²) < 4.78 is 5.75. The number of carbonyl (C=O) groups excluding carboxylic acids is 4. The van der Waals surface area contributed by atoms with Crippen LogP contribution in [0.3, 0.4) is 0 Å². The van der Waals surface area contributed by atoms with Crippen LogP contribution in [-0.4, -0.2) is 80.0 Å². The molecule has 4 atom stereocenters. The van der Waals surface area contributed by atoms with Crippen molar-refractivity contribution < 1.29 is 28.7 Å². The first-order valence-electron chi connectivity index (χ1n) is 16.7. The highest BCUT2D eigenvalue weighted by molar-refractivity contribution is 5.93. The minimum Gasteiger partial charge on any atom is -0.418 e. The standard InChI is InChI=1S/C35H47N7O6/c1-22(2)28(30(44)34-41-40-33(48-34)24-14-7-5-8-15-24)39-32(46)26-17-13-21-42(26)35(47)29(23(3)4)38-27(43)18-9-6-11-20-37-31(45)25-16-10-12-19-36-25/h5,7-8,10,12,14-16,19,22-23,26,28-30,44H,6,9,11,13,17-18,20-21H2,1-4H3,(H,37,45)(H,38,43)(H,39,46)/t26-,28?,29+,30?/m1/s1. The van der Waals surface area contributed by atoms with Crippen molar-refractivity contribution in [3.8, 4) is 11.5 Å². The molecule has 13 nitrogen and oxygen atoms in total. The van der Waals surface area contributed by atoms with Crippen LogP contribution < -0.4 is 16.0 Å². The van der Waals surface area contributed by atoms with Crippen molar-refractivity contribution in [2.45, 2.75) is 90.4 Å². The first kappa shape index (κ1) is 36.2. The van der Waals surface area contributed by atoms with Gasteiger partial charge in [0.15, 0.2) is 6.10 Å². The monoisotopic (exact) mass is 661 g/mol. The quantitative estimate of drug-likeness (QED) is 0.167. The molecule has 4 amide bonds. The molecule has 1 aromatic carbocycles. The minimum absolute atomic E-state index is 0.0102. The Bertz CT molecular complexity index is 1500. The summed E-state index contributed by atoms with van der Waals surface area (Å²) in [6.45, 7) is 8.31. The maximum atomic E-state index is 13.7. The number of aromatic nitrogens is 3. The summed E-state index contributed by atoms with van der Waals surface area (Å²) in [6, 6.07) is 12.1. The van der Waals surface area contributed by atoms with E-state index >= 15 is 0 Å². The summed E-state index contributed by atoms with van der Waals surface area (Å²) in [7, 11) is 0. The summed E-state index contributed by atoms with van der Waals surface area (Å²) in [4.78, 5) is 57.9. The van der Waals surface area contributed by atoms with Crippen LogP contribution in [0.1, 0.15) is 88.7 Å². The smallest absolute Gasteiger partial charge is 0.269 e. The molecular weight excluding hydrogens is 614 g/mol. The number of hydrogen-bond donors (Lipinski definition) is 4. The number of carbonyl (C=O) groups is 4. The van der Waals surface area contributed by atoms with E-state index in [9.17, 15) is 24.3 Å². The number of hydrogen-bond acceptors (Lipinski definition) is 9. The van der Waals surface area contributed by atoms with E-state index in [2.05, 4.69) is 31.1 Å². The lowest BCUT2D eigenvalue weighted by Gasteiger charge is -2.32. The second kappa shape index (κ2) is 17.5. The molecule has 1 saturated heterocycles. The Balaban J connectivity index is 1.28. The van der Waals surface area contributed by atoms with Crippen molar-refractivity contribution in [3.05, 3.63) is 66.3 Å². The molecule has 48 heavy (non-hydrogen) atoms. The SMILES string of the molecule is CC(C)C(NC(=O)[C@H]1CCCN1C(=O)[C@@H](NC(=O)CCCCCNC(=O)c1ccccn1)C(C)C)C(O)c1nnc(-c2ccccc2)o1. The van der Waals surface area contributed by atoms with Gasteiger partial charge in [-0.3, -0.25) is 24.2 Å². The van der Waals surface area contributed by atoms with Crippen LogP contribution in [0.15, 0.2) is 59.1 Å². The summed E-state index contributed by atoms with van der Waals surface area (Å²) in [6.07, 6.45) is 3.68. The van der Waals surface area contributed by atoms with Crippen LogP contribution >= 0.6 is 0 Å². The molecule has 1 fully saturated rings. The molecule has 1 aliphatic rings. The van der Waals surface area contributed by atoms with E-state index in [1.54, 1.807) is 24.4 Å². The van der Waals surface area contributed by atoms with Gasteiger partial charge >= 0.3 is 0 Å². The lowest BCUT2D eigenvalue weighted by Crippen LogP contribution is -2.56. The second-order valence-electron chi connectivity index (χ2n) is 12.8. The third-order valence-corrected chi connectivity index (χ3v) is 8.43. The van der Waals surface area contributed by atoms with Gasteiger partial charge in [0, 0.05) is 31.3 Å². The molecule has 4 rings (SSSR count). The molecule has 3 heterocycles. The summed E-state index contributed by atoms with van der Waals surface area (Å²) in [5.74, 6) is -1.31. The van der Waals surface area contributed by atoms with Crippen LogP contribution in [0.2, 0.25) is 0 Å². The van der Waals surface area contributed by atoms with Crippen molar-refractivity contribution in [1.82, 2.24) is 36.0 Å². The second-order valence-corrected chi connectivity index (χ2v) is 12.8. The lowest BCUT2D eigenvalue weighted by atomic mass is 9.97. The first-order chi connectivity index (χ1) is 23.1. The number of rotatable bonds is 16. The zero-order chi connectivity index (χ0) is 34.6. The van der Waals surface area contributed by atoms with Gasteiger partial charge in [-0.25, -0.2) is 0 Å². The molecule has 2 unspecified atom stereocenters. The van der Waals surface area contributed by atoms with Gasteiger partial charge in [0.2, 0.25) is 29.5 Å². The van der Waals surface area contributed by atoms with E-state index in [1.165, 1.54) is 4.90 Å². The van der Waals surface area contributed by atoms with Crippen molar-refractivity contribution in [2.24, 2.45) is 11.8 Å². The maximum absolute atomic E-state index is 13.7. The van der Waals surface area contributed by atoms with Gasteiger partial charge in [-0.05, 0) is 61.8 Å². The fourth-order valence-corrected chi connectivity index (χ4v) is 5.69. The molecule has 2 aromatic heterocycles. The zero-order valence-corrected chi connectivity index (χ0v) is 28.1. The highest BCUT2D eigenvalue weighted by Crippen LogP contribution is 2.26. The third-order valence-electron chi connectivity index (χ3n) is 8.43. The molecule has 1 aliphatic heterocycles. The van der Waals surface area contributed by atoms with E-state index in [4.69, 9.17) is 4.42 Å². The Morgan fingerprint density at radius 3 is 2.38 bits per heavy atom. The predicted octanol–water partition coefficient (Wildman–Crippen LogP) is 3.43. The third kappa shape index (κ3) is 9.69. The highest BCUT2D eigenvalue weighted by Gasteiger charge is 2.40. The molecule has 0 aliphatic carbocycles. The van der Waals surface area contributed by atoms with Gasteiger partial charge < -0.3 is 30.4 Å². The highest BCUT2D eigenvalue weighted by atomic mass is 16.4. The van der Waals surface area contributed by atoms with Crippen molar-refractivity contribution >= 4 is 23.6 Å². The molecule has 0 bridgehead atoms. The molecule has 4 N–H and O–H groups in total. The van der Waals surface area contributed by atoms with E-state index in [0.29, 0.717) is 50.0 Å². The topological polar surface area (TPSA) is 180 Å². The maximum Gasteiger partial charge on any atom is 0.269 e. The summed E-state index contributed by atoms with van der Waals surface area (Å²) in [5, 5.41) is 27.9. The predicted molar refractivity (Wildman–Crippen MR) is 178 cm³/mol. The Kier molecular flexibility index (Phi) is 13.2. The average molecular weight is 662 g/mol. The number of unbranched alkanes of at least 4 members (excludes halogenated alkanes) is 2. The average Bonchev–Trinajstić information content (AvgIpc) is 3.79. The van der Waals surface area contributed by atoms with Crippen LogP contribution in [0.5, 0.6) is 0 Å². The van der Waals surface area contributed by atoms with Gasteiger partial charge in [0.25, 0.3) is 5.91 Å². The normalized spacial score (nSPS) is 16.4. The molecule has 13 heteroatoms. The van der Waals surface area contributed by atoms with Crippen LogP contribution in [0.25, 0.3) is 11.5 Å². The van der Waals surface area contributed by atoms with Crippen LogP contribution in [0, 0.1) is 11.8 Å². The van der Waals surface area contributed by atoms with E-state index in [-0.39, 0.29) is 53.7 Å². The molecule has 0 radical (unpaired) electrons. The van der Waals surface area contributed by atoms with E-state index < -0.39 is 24.2 Å². The Labute approximate surface area is 281 Å². The number of amides is 4. The van der Waals surface area contributed by atoms with Gasteiger partial charge in [0.1, 0.15) is 17.8 Å². The van der Waals surface area contributed by atoms with Crippen molar-refractivity contribution in [2.75, 3.05) is 13.1 Å². The van der Waals surface area contributed by atoms with E-state index in [1.807, 2.05) is 58.0 Å². The van der Waals surface area contributed by atoms with Gasteiger partial charge in [-0.2, -0.15) is 0 Å². The summed E-state index contributed by atoms with van der Waals surface area (Å²) >= 11 is 0. The molecule has 258 valence electrons. The fourth-order valence-electron chi connectivity index (χ4n) is 5.69. The Morgan fingerprint density at radius 1 is 0.938 bits per heavy atom. The van der Waals surface area contributed by atoms with E-state index in [0.717, 1.165) is 6.42 Å². The molecular formula is C35H47N7O6. The fraction of sp³-hybridized carbons (Fsp3) is 0.514. The Hall–Kier alpha value is -4.65. The zero-order valence-electron chi connectivity index (χ0n) is 28.1. The first-order valence-corrected chi connectivity index (χ1v) is 16.7. The van der Waals surface area contributed by atoms with Crippen LogP contribution in [-0.2, 0) is 14.4 Å². The van der Waals surface area contributed by atoms with Gasteiger partial charge in [0.05, 0.1) is 6.04 Å². The molecule has 0 spiro atoms. The minimum atomic E-state index is -1.26. The number of nitrogens with zero attached hydrogens (tertiary/aromatic N) is 4. The molecule has 3 aromatic rings.